The average molecular weight is 389 g/mol. The largest absolute Gasteiger partial charge is 0.453 e. The molecule has 0 saturated heterocycles. The van der Waals surface area contributed by atoms with Crippen LogP contribution in [0.3, 0.4) is 0 Å². The smallest absolute Gasteiger partial charge is 0.278 e. The molecule has 1 unspecified atom stereocenters. The lowest BCUT2D eigenvalue weighted by molar-refractivity contribution is -0.393. The number of alkyl halides is 8. The Kier molecular flexibility index (Phi) is 6.61. The van der Waals surface area contributed by atoms with Crippen LogP contribution in [0.4, 0.5) is 40.8 Å². The summed E-state index contributed by atoms with van der Waals surface area (Å²) in [6.45, 7) is 0. The molecule has 1 aromatic carbocycles. The van der Waals surface area contributed by atoms with Crippen LogP contribution in [0.25, 0.3) is 0 Å². The highest BCUT2D eigenvalue weighted by molar-refractivity contribution is 7.93. The first-order valence-corrected chi connectivity index (χ1v) is 6.91. The van der Waals surface area contributed by atoms with E-state index in [1.807, 2.05) is 0 Å². The highest BCUT2D eigenvalue weighted by atomic mass is 32.2. The molecule has 1 aromatic rings. The van der Waals surface area contributed by atoms with E-state index in [2.05, 4.69) is 4.74 Å². The molecule has 1 N–H and O–H groups in total. The number of sulfonamides is 1. The molecule has 1 atom stereocenters. The van der Waals surface area contributed by atoms with Crippen LogP contribution < -0.4 is 4.72 Å². The summed E-state index contributed by atoms with van der Waals surface area (Å²) in [4.78, 5) is 0. The van der Waals surface area contributed by atoms with Crippen molar-refractivity contribution in [2.24, 2.45) is 0 Å². The molecular weight excluding hydrogens is 378 g/mol. The van der Waals surface area contributed by atoms with Gasteiger partial charge in [-0.25, -0.2) is 4.39 Å². The summed E-state index contributed by atoms with van der Waals surface area (Å²) in [5, 5.41) is -6.19. The van der Waals surface area contributed by atoms with Gasteiger partial charge in [0.2, 0.25) is 0 Å². The van der Waals surface area contributed by atoms with Crippen LogP contribution in [-0.2, 0) is 14.8 Å². The molecule has 0 aliphatic heterocycles. The van der Waals surface area contributed by atoms with Gasteiger partial charge in [0.15, 0.2) is 0 Å². The minimum absolute atomic E-state index is 0. The lowest BCUT2D eigenvalue weighted by Gasteiger charge is -2.27. The molecule has 0 fully saturated rings. The second-order valence-electron chi connectivity index (χ2n) is 3.98. The summed E-state index contributed by atoms with van der Waals surface area (Å²) in [7, 11) is -6.25. The maximum atomic E-state index is 13.4. The van der Waals surface area contributed by atoms with Crippen LogP contribution in [0.5, 0.6) is 0 Å². The number of hydrogen-bond acceptors (Lipinski definition) is 3. The molecule has 0 aliphatic rings. The normalized spacial score (nSPS) is 14.7. The fourth-order valence-electron chi connectivity index (χ4n) is 1.15. The quantitative estimate of drug-likeness (QED) is 0.745. The number of para-hydroxylation sites is 1. The van der Waals surface area contributed by atoms with Crippen LogP contribution in [0, 0.1) is 0 Å². The van der Waals surface area contributed by atoms with Crippen LogP contribution in [0.1, 0.15) is 7.43 Å². The van der Waals surface area contributed by atoms with Gasteiger partial charge in [0.05, 0.1) is 0 Å². The Morgan fingerprint density at radius 1 is 0.958 bits per heavy atom. The first-order chi connectivity index (χ1) is 10.2. The number of anilines is 1. The Balaban J connectivity index is 0.00000529. The predicted molar refractivity (Wildman–Crippen MR) is 67.6 cm³/mol. The number of hydrogen-bond donors (Lipinski definition) is 1. The summed E-state index contributed by atoms with van der Waals surface area (Å²) in [6.07, 6.45) is -17.1. The molecule has 0 radical (unpaired) electrons. The van der Waals surface area contributed by atoms with E-state index < -0.39 is 39.6 Å². The number of nitrogens with one attached hydrogen (secondary N) is 1. The minimum Gasteiger partial charge on any atom is -0.278 e. The molecule has 0 aromatic heterocycles. The zero-order valence-electron chi connectivity index (χ0n) is 10.6. The van der Waals surface area contributed by atoms with Crippen LogP contribution in [0.2, 0.25) is 0 Å². The van der Waals surface area contributed by atoms with E-state index in [1.165, 1.54) is 6.07 Å². The van der Waals surface area contributed by atoms with Crippen molar-refractivity contribution >= 4 is 15.7 Å². The molecule has 4 nitrogen and oxygen atoms in total. The topological polar surface area (TPSA) is 55.4 Å². The SMILES string of the molecule is C.O=S(=O)(Nc1ccccc1)C(F)(F)C(F)(F)OC(F)C(F)(F)F. The van der Waals surface area contributed by atoms with Gasteiger partial charge in [-0.1, -0.05) is 25.6 Å². The molecular formula is C11H11F8NO3S. The Labute approximate surface area is 131 Å². The van der Waals surface area contributed by atoms with Crippen molar-refractivity contribution in [3.8, 4) is 0 Å². The molecule has 0 saturated carbocycles. The lowest BCUT2D eigenvalue weighted by Crippen LogP contribution is -2.53. The Morgan fingerprint density at radius 3 is 1.83 bits per heavy atom. The van der Waals surface area contributed by atoms with Crippen molar-refractivity contribution in [1.29, 1.82) is 0 Å². The van der Waals surface area contributed by atoms with E-state index in [1.54, 1.807) is 0 Å². The third-order valence-electron chi connectivity index (χ3n) is 2.21. The van der Waals surface area contributed by atoms with E-state index in [-0.39, 0.29) is 7.43 Å². The highest BCUT2D eigenvalue weighted by Gasteiger charge is 2.70. The Bertz CT molecular complexity index is 632. The Hall–Kier alpha value is -1.63. The monoisotopic (exact) mass is 389 g/mol. The third-order valence-corrected chi connectivity index (χ3v) is 3.63. The van der Waals surface area contributed by atoms with E-state index >= 15 is 0 Å². The van der Waals surface area contributed by atoms with Gasteiger partial charge in [-0.05, 0) is 12.1 Å². The van der Waals surface area contributed by atoms with Gasteiger partial charge in [0.25, 0.3) is 6.36 Å². The fraction of sp³-hybridized carbons (Fsp3) is 0.455. The average Bonchev–Trinajstić information content (AvgIpc) is 2.37. The van der Waals surface area contributed by atoms with Crippen molar-refractivity contribution in [3.63, 3.8) is 0 Å². The summed E-state index contributed by atoms with van der Waals surface area (Å²) in [5.74, 6) is 0. The van der Waals surface area contributed by atoms with Gasteiger partial charge in [-0.3, -0.25) is 9.46 Å². The first-order valence-electron chi connectivity index (χ1n) is 5.42. The maximum Gasteiger partial charge on any atom is 0.453 e. The van der Waals surface area contributed by atoms with Gasteiger partial charge < -0.3 is 0 Å². The summed E-state index contributed by atoms with van der Waals surface area (Å²) < 4.78 is 126. The van der Waals surface area contributed by atoms with Crippen molar-refractivity contribution in [3.05, 3.63) is 30.3 Å². The lowest BCUT2D eigenvalue weighted by atomic mass is 10.3. The van der Waals surface area contributed by atoms with Gasteiger partial charge >= 0.3 is 27.6 Å². The minimum atomic E-state index is -6.29. The van der Waals surface area contributed by atoms with Gasteiger partial charge in [0, 0.05) is 5.69 Å². The van der Waals surface area contributed by atoms with Gasteiger partial charge in [-0.15, -0.1) is 0 Å². The Morgan fingerprint density at radius 2 is 1.42 bits per heavy atom. The summed E-state index contributed by atoms with van der Waals surface area (Å²) in [6, 6.07) is 5.46. The highest BCUT2D eigenvalue weighted by Crippen LogP contribution is 2.43. The number of rotatable bonds is 6. The van der Waals surface area contributed by atoms with Crippen LogP contribution in [-0.4, -0.2) is 32.3 Å². The van der Waals surface area contributed by atoms with E-state index in [0.717, 1.165) is 29.0 Å². The van der Waals surface area contributed by atoms with E-state index in [4.69, 9.17) is 0 Å². The maximum absolute atomic E-state index is 13.4. The van der Waals surface area contributed by atoms with Gasteiger partial charge in [-0.2, -0.15) is 39.2 Å². The first kappa shape index (κ1) is 22.4. The number of halogens is 8. The molecule has 0 bridgehead atoms. The van der Waals surface area contributed by atoms with Crippen molar-refractivity contribution in [2.45, 2.75) is 31.3 Å². The standard InChI is InChI=1S/C10H7F8NO3S.CH4/c11-7(8(12,13)14)22-9(15,16)10(17,18)23(20,21)19-6-4-2-1-3-5-6;/h1-5,7,19H;1H4. The zero-order valence-corrected chi connectivity index (χ0v) is 11.4. The second-order valence-corrected chi connectivity index (χ2v) is 5.70. The molecule has 0 aliphatic carbocycles. The molecule has 0 amide bonds. The predicted octanol–water partition coefficient (Wildman–Crippen LogP) is 4.12. The number of benzene rings is 1. The second kappa shape index (κ2) is 7.09. The third kappa shape index (κ3) is 4.69. The van der Waals surface area contributed by atoms with Crippen LogP contribution >= 0.6 is 0 Å². The van der Waals surface area contributed by atoms with E-state index in [0.29, 0.717) is 0 Å². The summed E-state index contributed by atoms with van der Waals surface area (Å²) in [5.41, 5.74) is -0.574. The van der Waals surface area contributed by atoms with Crippen LogP contribution in [0.15, 0.2) is 30.3 Å². The molecule has 0 heterocycles. The molecule has 1 rings (SSSR count). The van der Waals surface area contributed by atoms with Crippen molar-refractivity contribution in [2.75, 3.05) is 4.72 Å². The molecule has 0 spiro atoms. The van der Waals surface area contributed by atoms with E-state index in [9.17, 15) is 43.5 Å². The number of ether oxygens (including phenoxy) is 1. The van der Waals surface area contributed by atoms with Gasteiger partial charge in [0.1, 0.15) is 0 Å². The molecule has 24 heavy (non-hydrogen) atoms. The zero-order chi connectivity index (χ0) is 18.1. The fourth-order valence-corrected chi connectivity index (χ4v) is 2.08. The molecule has 140 valence electrons. The summed E-state index contributed by atoms with van der Waals surface area (Å²) >= 11 is 0. The van der Waals surface area contributed by atoms with Crippen molar-refractivity contribution in [1.82, 2.24) is 0 Å². The molecule has 13 heteroatoms. The van der Waals surface area contributed by atoms with Crippen molar-refractivity contribution < 1.29 is 48.3 Å².